The van der Waals surface area contributed by atoms with Crippen LogP contribution in [0, 0.1) is 6.92 Å². The highest BCUT2D eigenvalue weighted by atomic mass is 16.5. The number of nitrogens with one attached hydrogen (secondary N) is 1. The molecule has 33 heavy (non-hydrogen) atoms. The maximum Gasteiger partial charge on any atom is 0.357 e. The van der Waals surface area contributed by atoms with Gasteiger partial charge < -0.3 is 15.0 Å². The van der Waals surface area contributed by atoms with E-state index in [2.05, 4.69) is 46.5 Å². The van der Waals surface area contributed by atoms with E-state index in [-0.39, 0.29) is 5.70 Å². The average molecular weight is 449 g/mol. The molecule has 0 aliphatic rings. The standard InChI is InChI=1S/C24H28N6O3/c1-5-29(17(2)3)21-13-11-20(12-14-21)25-23(31)16-33-24(32)22(30-18(4)26-27-28-30)15-19-9-7-6-8-10-19/h6-15,17H,5,16H2,1-4H3,(H,25,31)/b22-15-. The SMILES string of the molecule is CCN(c1ccc(NC(=O)COC(=O)/C(=C/c2ccccc2)n2nnnc2C)cc1)C(C)C. The molecule has 0 unspecified atom stereocenters. The number of anilines is 2. The van der Waals surface area contributed by atoms with E-state index in [9.17, 15) is 9.59 Å². The van der Waals surface area contributed by atoms with E-state index in [1.54, 1.807) is 13.0 Å². The van der Waals surface area contributed by atoms with E-state index in [0.29, 0.717) is 17.6 Å². The zero-order chi connectivity index (χ0) is 23.8. The molecular weight excluding hydrogens is 420 g/mol. The van der Waals surface area contributed by atoms with Crippen LogP contribution < -0.4 is 10.2 Å². The lowest BCUT2D eigenvalue weighted by atomic mass is 10.2. The van der Waals surface area contributed by atoms with Crippen molar-refractivity contribution in [2.24, 2.45) is 0 Å². The molecule has 3 aromatic rings. The molecule has 0 saturated heterocycles. The summed E-state index contributed by atoms with van der Waals surface area (Å²) in [5, 5.41) is 14.0. The maximum absolute atomic E-state index is 12.8. The normalized spacial score (nSPS) is 11.4. The lowest BCUT2D eigenvalue weighted by Gasteiger charge is -2.27. The number of hydrogen-bond donors (Lipinski definition) is 1. The molecule has 1 aromatic heterocycles. The zero-order valence-electron chi connectivity index (χ0n) is 19.2. The fourth-order valence-corrected chi connectivity index (χ4v) is 3.35. The number of aryl methyl sites for hydroxylation is 1. The van der Waals surface area contributed by atoms with E-state index in [1.807, 2.05) is 54.6 Å². The lowest BCUT2D eigenvalue weighted by molar-refractivity contribution is -0.141. The molecular formula is C24H28N6O3. The Bertz CT molecular complexity index is 1110. The van der Waals surface area contributed by atoms with Gasteiger partial charge in [0.1, 0.15) is 0 Å². The van der Waals surface area contributed by atoms with E-state index in [4.69, 9.17) is 4.74 Å². The number of carbonyl (C=O) groups excluding carboxylic acids is 2. The van der Waals surface area contributed by atoms with Gasteiger partial charge in [-0.15, -0.1) is 5.10 Å². The van der Waals surface area contributed by atoms with Crippen LogP contribution in [-0.2, 0) is 14.3 Å². The van der Waals surface area contributed by atoms with Gasteiger partial charge >= 0.3 is 5.97 Å². The minimum atomic E-state index is -0.713. The van der Waals surface area contributed by atoms with E-state index in [1.165, 1.54) is 4.68 Å². The largest absolute Gasteiger partial charge is 0.451 e. The minimum absolute atomic E-state index is 0.106. The Balaban J connectivity index is 1.65. The first-order chi connectivity index (χ1) is 15.9. The molecule has 2 aromatic carbocycles. The summed E-state index contributed by atoms with van der Waals surface area (Å²) in [7, 11) is 0. The third kappa shape index (κ3) is 6.25. The van der Waals surface area contributed by atoms with E-state index in [0.717, 1.165) is 17.8 Å². The van der Waals surface area contributed by atoms with Crippen LogP contribution in [-0.4, -0.2) is 51.3 Å². The van der Waals surface area contributed by atoms with Crippen molar-refractivity contribution in [1.82, 2.24) is 20.2 Å². The molecule has 9 nitrogen and oxygen atoms in total. The van der Waals surface area contributed by atoms with Gasteiger partial charge in [0, 0.05) is 24.0 Å². The van der Waals surface area contributed by atoms with Crippen molar-refractivity contribution in [1.29, 1.82) is 0 Å². The second kappa shape index (κ2) is 11.0. The highest BCUT2D eigenvalue weighted by Gasteiger charge is 2.19. The van der Waals surface area contributed by atoms with Gasteiger partial charge in [-0.3, -0.25) is 4.79 Å². The molecule has 9 heteroatoms. The molecule has 0 radical (unpaired) electrons. The summed E-state index contributed by atoms with van der Waals surface area (Å²) in [5.74, 6) is -0.740. The summed E-state index contributed by atoms with van der Waals surface area (Å²) in [4.78, 5) is 27.4. The number of hydrogen-bond acceptors (Lipinski definition) is 7. The molecule has 1 N–H and O–H groups in total. The van der Waals surface area contributed by atoms with Crippen LogP contribution in [0.5, 0.6) is 0 Å². The third-order valence-corrected chi connectivity index (χ3v) is 4.95. The van der Waals surface area contributed by atoms with Crippen molar-refractivity contribution in [2.45, 2.75) is 33.7 Å². The van der Waals surface area contributed by atoms with Crippen LogP contribution in [0.15, 0.2) is 54.6 Å². The van der Waals surface area contributed by atoms with Crippen LogP contribution in [0.2, 0.25) is 0 Å². The fraction of sp³-hybridized carbons (Fsp3) is 0.292. The van der Waals surface area contributed by atoms with E-state index < -0.39 is 18.5 Å². The molecule has 1 amide bonds. The van der Waals surface area contributed by atoms with Gasteiger partial charge in [0.05, 0.1) is 0 Å². The third-order valence-electron chi connectivity index (χ3n) is 4.95. The van der Waals surface area contributed by atoms with Crippen molar-refractivity contribution < 1.29 is 14.3 Å². The van der Waals surface area contributed by atoms with Crippen LogP contribution in [0.3, 0.4) is 0 Å². The van der Waals surface area contributed by atoms with Gasteiger partial charge in [0.15, 0.2) is 18.1 Å². The van der Waals surface area contributed by atoms with Crippen LogP contribution in [0.1, 0.15) is 32.2 Å². The molecule has 0 spiro atoms. The molecule has 0 atom stereocenters. The first kappa shape index (κ1) is 23.6. The monoisotopic (exact) mass is 448 g/mol. The summed E-state index contributed by atoms with van der Waals surface area (Å²) in [6.45, 7) is 8.47. The quantitative estimate of drug-likeness (QED) is 0.395. The number of rotatable bonds is 9. The van der Waals surface area contributed by atoms with Crippen molar-refractivity contribution in [3.8, 4) is 0 Å². The molecule has 3 rings (SSSR count). The number of ether oxygens (including phenoxy) is 1. The van der Waals surface area contributed by atoms with Crippen LogP contribution >= 0.6 is 0 Å². The summed E-state index contributed by atoms with van der Waals surface area (Å²) >= 11 is 0. The Morgan fingerprint density at radius 2 is 1.82 bits per heavy atom. The Labute approximate surface area is 193 Å². The Morgan fingerprint density at radius 1 is 1.12 bits per heavy atom. The number of amides is 1. The second-order valence-electron chi connectivity index (χ2n) is 7.63. The first-order valence-electron chi connectivity index (χ1n) is 10.7. The van der Waals surface area contributed by atoms with Crippen molar-refractivity contribution in [3.05, 3.63) is 66.0 Å². The number of carbonyl (C=O) groups is 2. The number of tetrazole rings is 1. The summed E-state index contributed by atoms with van der Waals surface area (Å²) < 4.78 is 6.53. The average Bonchev–Trinajstić information content (AvgIpc) is 3.23. The Hall–Kier alpha value is -4.01. The van der Waals surface area contributed by atoms with Gasteiger partial charge in [-0.05, 0) is 74.0 Å². The highest BCUT2D eigenvalue weighted by molar-refractivity contribution is 6.15. The number of aromatic nitrogens is 4. The smallest absolute Gasteiger partial charge is 0.357 e. The van der Waals surface area contributed by atoms with Gasteiger partial charge in [-0.25, -0.2) is 4.79 Å². The van der Waals surface area contributed by atoms with Gasteiger partial charge in [-0.2, -0.15) is 4.68 Å². The summed E-state index contributed by atoms with van der Waals surface area (Å²) in [5.41, 5.74) is 2.57. The predicted octanol–water partition coefficient (Wildman–Crippen LogP) is 3.40. The fourth-order valence-electron chi connectivity index (χ4n) is 3.35. The Morgan fingerprint density at radius 3 is 2.39 bits per heavy atom. The molecule has 1 heterocycles. The number of esters is 1. The van der Waals surface area contributed by atoms with Gasteiger partial charge in [0.25, 0.3) is 5.91 Å². The second-order valence-corrected chi connectivity index (χ2v) is 7.63. The van der Waals surface area contributed by atoms with Crippen LogP contribution in [0.25, 0.3) is 11.8 Å². The first-order valence-corrected chi connectivity index (χ1v) is 10.7. The zero-order valence-corrected chi connectivity index (χ0v) is 19.2. The maximum atomic E-state index is 12.8. The van der Waals surface area contributed by atoms with Gasteiger partial charge in [-0.1, -0.05) is 30.3 Å². The molecule has 0 bridgehead atoms. The Kier molecular flexibility index (Phi) is 7.91. The highest BCUT2D eigenvalue weighted by Crippen LogP contribution is 2.20. The van der Waals surface area contributed by atoms with Crippen molar-refractivity contribution in [2.75, 3.05) is 23.4 Å². The number of benzene rings is 2. The van der Waals surface area contributed by atoms with E-state index >= 15 is 0 Å². The molecule has 0 saturated carbocycles. The molecule has 0 fully saturated rings. The summed E-state index contributed by atoms with van der Waals surface area (Å²) in [6.07, 6.45) is 1.61. The lowest BCUT2D eigenvalue weighted by Crippen LogP contribution is -2.30. The molecule has 172 valence electrons. The number of nitrogens with zero attached hydrogens (tertiary/aromatic N) is 5. The summed E-state index contributed by atoms with van der Waals surface area (Å²) in [6, 6.07) is 17.2. The minimum Gasteiger partial charge on any atom is -0.451 e. The van der Waals surface area contributed by atoms with Gasteiger partial charge in [0.2, 0.25) is 0 Å². The van der Waals surface area contributed by atoms with Crippen molar-refractivity contribution >= 4 is 35.0 Å². The van der Waals surface area contributed by atoms with Crippen LogP contribution in [0.4, 0.5) is 11.4 Å². The predicted molar refractivity (Wildman–Crippen MR) is 127 cm³/mol. The topological polar surface area (TPSA) is 102 Å². The van der Waals surface area contributed by atoms with Crippen molar-refractivity contribution in [3.63, 3.8) is 0 Å². The molecule has 0 aliphatic carbocycles. The molecule has 0 aliphatic heterocycles.